The van der Waals surface area contributed by atoms with Crippen molar-refractivity contribution in [1.82, 2.24) is 10.3 Å². The molecule has 0 spiro atoms. The number of aryl methyl sites for hydroxylation is 1. The Labute approximate surface area is 115 Å². The number of rotatable bonds is 4. The largest absolute Gasteiger partial charge is 0.387 e. The summed E-state index contributed by atoms with van der Waals surface area (Å²) in [4.78, 5) is 15.7. The Bertz CT molecular complexity index is 525. The van der Waals surface area contributed by atoms with Gasteiger partial charge >= 0.3 is 6.03 Å². The quantitative estimate of drug-likeness (QED) is 0.803. The maximum absolute atomic E-state index is 11.6. The van der Waals surface area contributed by atoms with E-state index in [0.717, 1.165) is 11.1 Å². The number of pyridine rings is 1. The van der Waals surface area contributed by atoms with Crippen molar-refractivity contribution in [3.63, 3.8) is 0 Å². The fourth-order valence-electron chi connectivity index (χ4n) is 1.47. The molecule has 0 unspecified atom stereocenters. The van der Waals surface area contributed by atoms with Gasteiger partial charge in [0.15, 0.2) is 0 Å². The van der Waals surface area contributed by atoms with Gasteiger partial charge in [0.1, 0.15) is 5.82 Å². The third kappa shape index (κ3) is 4.04. The molecular weight excluding hydrogens is 262 g/mol. The molecule has 5 nitrogen and oxygen atoms in total. The molecule has 1 atom stereocenters. The van der Waals surface area contributed by atoms with Crippen molar-refractivity contribution >= 4 is 23.2 Å². The summed E-state index contributed by atoms with van der Waals surface area (Å²) in [6.45, 7) is 2.09. The molecule has 2 aromatic heterocycles. The molecule has 0 saturated heterocycles. The summed E-state index contributed by atoms with van der Waals surface area (Å²) in [5.74, 6) is 0.480. The van der Waals surface area contributed by atoms with Crippen LogP contribution in [0.2, 0.25) is 0 Å². The number of thiophene rings is 1. The lowest BCUT2D eigenvalue weighted by Gasteiger charge is -2.11. The van der Waals surface area contributed by atoms with Crippen LogP contribution in [0, 0.1) is 6.92 Å². The minimum absolute atomic E-state index is 0.161. The number of hydrogen-bond donors (Lipinski definition) is 3. The van der Waals surface area contributed by atoms with E-state index in [1.807, 2.05) is 29.8 Å². The Morgan fingerprint density at radius 2 is 2.32 bits per heavy atom. The van der Waals surface area contributed by atoms with E-state index in [0.29, 0.717) is 5.82 Å². The van der Waals surface area contributed by atoms with Gasteiger partial charge in [-0.1, -0.05) is 6.07 Å². The molecule has 2 amide bonds. The second-order valence-electron chi connectivity index (χ2n) is 4.13. The maximum atomic E-state index is 11.6. The SMILES string of the molecule is Cc1ccc(NC(=O)NC[C@H](O)c2ccsc2)nc1. The molecule has 0 fully saturated rings. The van der Waals surface area contributed by atoms with Crippen LogP contribution in [0.1, 0.15) is 17.2 Å². The predicted molar refractivity (Wildman–Crippen MR) is 75.3 cm³/mol. The van der Waals surface area contributed by atoms with Crippen LogP contribution in [0.4, 0.5) is 10.6 Å². The van der Waals surface area contributed by atoms with E-state index in [1.165, 1.54) is 11.3 Å². The molecule has 0 saturated carbocycles. The number of urea groups is 1. The zero-order valence-corrected chi connectivity index (χ0v) is 11.3. The van der Waals surface area contributed by atoms with Gasteiger partial charge in [0.2, 0.25) is 0 Å². The number of hydrogen-bond acceptors (Lipinski definition) is 4. The van der Waals surface area contributed by atoms with Crippen molar-refractivity contribution in [3.05, 3.63) is 46.3 Å². The van der Waals surface area contributed by atoms with E-state index in [9.17, 15) is 9.90 Å². The van der Waals surface area contributed by atoms with E-state index in [2.05, 4.69) is 15.6 Å². The van der Waals surface area contributed by atoms with Crippen molar-refractivity contribution in [2.75, 3.05) is 11.9 Å². The van der Waals surface area contributed by atoms with Crippen LogP contribution in [0.25, 0.3) is 0 Å². The Balaban J connectivity index is 1.80. The molecule has 0 bridgehead atoms. The standard InChI is InChI=1S/C13H15N3O2S/c1-9-2-3-12(14-6-9)16-13(18)15-7-11(17)10-4-5-19-8-10/h2-6,8,11,17H,7H2,1H3,(H2,14,15,16,18)/t11-/m0/s1. The maximum Gasteiger partial charge on any atom is 0.320 e. The average Bonchev–Trinajstić information content (AvgIpc) is 2.93. The van der Waals surface area contributed by atoms with E-state index < -0.39 is 6.10 Å². The molecular formula is C13H15N3O2S. The normalized spacial score (nSPS) is 11.9. The molecule has 100 valence electrons. The molecule has 0 aliphatic heterocycles. The lowest BCUT2D eigenvalue weighted by molar-refractivity contribution is 0.175. The van der Waals surface area contributed by atoms with Crippen molar-refractivity contribution in [2.24, 2.45) is 0 Å². The first kappa shape index (κ1) is 13.5. The first-order chi connectivity index (χ1) is 9.15. The number of carbonyl (C=O) groups excluding carboxylic acids is 1. The van der Waals surface area contributed by atoms with E-state index in [-0.39, 0.29) is 12.6 Å². The van der Waals surface area contributed by atoms with Gasteiger partial charge in [-0.05, 0) is 40.9 Å². The average molecular weight is 277 g/mol. The fourth-order valence-corrected chi connectivity index (χ4v) is 2.18. The van der Waals surface area contributed by atoms with Gasteiger partial charge in [-0.2, -0.15) is 11.3 Å². The molecule has 2 heterocycles. The number of nitrogens with zero attached hydrogens (tertiary/aromatic N) is 1. The highest BCUT2D eigenvalue weighted by Crippen LogP contribution is 2.15. The number of anilines is 1. The Kier molecular flexibility index (Phi) is 4.48. The zero-order valence-electron chi connectivity index (χ0n) is 10.5. The first-order valence-corrected chi connectivity index (χ1v) is 6.77. The van der Waals surface area contributed by atoms with E-state index in [4.69, 9.17) is 0 Å². The highest BCUT2D eigenvalue weighted by atomic mass is 32.1. The van der Waals surface area contributed by atoms with Crippen LogP contribution < -0.4 is 10.6 Å². The molecule has 0 aromatic carbocycles. The lowest BCUT2D eigenvalue weighted by atomic mass is 10.2. The second kappa shape index (κ2) is 6.31. The Hall–Kier alpha value is -1.92. The minimum Gasteiger partial charge on any atom is -0.387 e. The summed E-state index contributed by atoms with van der Waals surface area (Å²) in [5, 5.41) is 18.7. The highest BCUT2D eigenvalue weighted by molar-refractivity contribution is 7.07. The molecule has 6 heteroatoms. The topological polar surface area (TPSA) is 74.2 Å². The predicted octanol–water partition coefficient (Wildman–Crippen LogP) is 2.31. The van der Waals surface area contributed by atoms with Crippen LogP contribution in [0.15, 0.2) is 35.2 Å². The molecule has 0 radical (unpaired) electrons. The second-order valence-corrected chi connectivity index (χ2v) is 4.91. The first-order valence-electron chi connectivity index (χ1n) is 5.83. The van der Waals surface area contributed by atoms with Crippen LogP contribution in [-0.2, 0) is 0 Å². The van der Waals surface area contributed by atoms with Gasteiger partial charge in [-0.25, -0.2) is 9.78 Å². The summed E-state index contributed by atoms with van der Waals surface area (Å²) < 4.78 is 0. The Morgan fingerprint density at radius 3 is 2.95 bits per heavy atom. The van der Waals surface area contributed by atoms with Crippen molar-refractivity contribution in [2.45, 2.75) is 13.0 Å². The van der Waals surface area contributed by atoms with Crippen molar-refractivity contribution < 1.29 is 9.90 Å². The molecule has 3 N–H and O–H groups in total. The molecule has 2 rings (SSSR count). The highest BCUT2D eigenvalue weighted by Gasteiger charge is 2.09. The lowest BCUT2D eigenvalue weighted by Crippen LogP contribution is -2.32. The van der Waals surface area contributed by atoms with Crippen molar-refractivity contribution in [3.8, 4) is 0 Å². The number of aromatic nitrogens is 1. The molecule has 0 aliphatic rings. The zero-order chi connectivity index (χ0) is 13.7. The van der Waals surface area contributed by atoms with Gasteiger partial charge in [0, 0.05) is 12.7 Å². The molecule has 19 heavy (non-hydrogen) atoms. The Morgan fingerprint density at radius 1 is 1.47 bits per heavy atom. The summed E-state index contributed by atoms with van der Waals surface area (Å²) >= 11 is 1.51. The third-order valence-electron chi connectivity index (χ3n) is 2.54. The molecule has 2 aromatic rings. The summed E-state index contributed by atoms with van der Waals surface area (Å²) in [7, 11) is 0. The van der Waals surface area contributed by atoms with Crippen LogP contribution >= 0.6 is 11.3 Å². The minimum atomic E-state index is -0.692. The van der Waals surface area contributed by atoms with Crippen molar-refractivity contribution in [1.29, 1.82) is 0 Å². The number of carbonyl (C=O) groups is 1. The third-order valence-corrected chi connectivity index (χ3v) is 3.24. The van der Waals surface area contributed by atoms with Gasteiger partial charge < -0.3 is 10.4 Å². The molecule has 0 aliphatic carbocycles. The monoisotopic (exact) mass is 277 g/mol. The number of aliphatic hydroxyl groups excluding tert-OH is 1. The number of amides is 2. The van der Waals surface area contributed by atoms with Crippen LogP contribution in [0.5, 0.6) is 0 Å². The smallest absolute Gasteiger partial charge is 0.320 e. The van der Waals surface area contributed by atoms with Gasteiger partial charge in [-0.3, -0.25) is 5.32 Å². The van der Waals surface area contributed by atoms with Crippen LogP contribution in [0.3, 0.4) is 0 Å². The van der Waals surface area contributed by atoms with Gasteiger partial charge in [-0.15, -0.1) is 0 Å². The fraction of sp³-hybridized carbons (Fsp3) is 0.231. The van der Waals surface area contributed by atoms with Crippen LogP contribution in [-0.4, -0.2) is 22.7 Å². The van der Waals surface area contributed by atoms with E-state index in [1.54, 1.807) is 12.3 Å². The van der Waals surface area contributed by atoms with Gasteiger partial charge in [0.05, 0.1) is 6.10 Å². The van der Waals surface area contributed by atoms with Gasteiger partial charge in [0.25, 0.3) is 0 Å². The summed E-state index contributed by atoms with van der Waals surface area (Å²) in [5.41, 5.74) is 1.83. The summed E-state index contributed by atoms with van der Waals surface area (Å²) in [6.07, 6.45) is 0.985. The summed E-state index contributed by atoms with van der Waals surface area (Å²) in [6, 6.07) is 5.04. The van der Waals surface area contributed by atoms with E-state index >= 15 is 0 Å². The number of aliphatic hydroxyl groups is 1. The number of nitrogens with one attached hydrogen (secondary N) is 2.